The Kier molecular flexibility index (Phi) is 7.44. The lowest BCUT2D eigenvalue weighted by Crippen LogP contribution is -2.40. The highest BCUT2D eigenvalue weighted by Crippen LogP contribution is 2.29. The molecule has 0 saturated carbocycles. The Balaban J connectivity index is 1.98. The van der Waals surface area contributed by atoms with E-state index in [0.29, 0.717) is 23.7 Å². The van der Waals surface area contributed by atoms with Crippen LogP contribution in [0.25, 0.3) is 0 Å². The molecule has 1 N–H and O–H groups in total. The van der Waals surface area contributed by atoms with Crippen molar-refractivity contribution >= 4 is 12.4 Å². The van der Waals surface area contributed by atoms with Crippen LogP contribution in [-0.2, 0) is 11.3 Å². The van der Waals surface area contributed by atoms with E-state index < -0.39 is 11.7 Å². The van der Waals surface area contributed by atoms with Gasteiger partial charge in [-0.05, 0) is 51.5 Å². The first kappa shape index (κ1) is 21.3. The van der Waals surface area contributed by atoms with Gasteiger partial charge in [0.05, 0.1) is 6.04 Å². The van der Waals surface area contributed by atoms with Crippen LogP contribution in [0.2, 0.25) is 0 Å². The fourth-order valence-corrected chi connectivity index (χ4v) is 2.33. The molecule has 150 valence electrons. The Bertz CT molecular complexity index is 783. The minimum absolute atomic E-state index is 0.224. The van der Waals surface area contributed by atoms with Gasteiger partial charge in [0.1, 0.15) is 25.1 Å². The van der Waals surface area contributed by atoms with Crippen LogP contribution in [0.1, 0.15) is 43.6 Å². The summed E-state index contributed by atoms with van der Waals surface area (Å²) in [5.74, 6) is 0.970. The Morgan fingerprint density at radius 2 is 1.79 bits per heavy atom. The maximum absolute atomic E-state index is 11.8. The van der Waals surface area contributed by atoms with Crippen LogP contribution >= 0.6 is 0 Å². The second-order valence-corrected chi connectivity index (χ2v) is 7.46. The van der Waals surface area contributed by atoms with E-state index in [9.17, 15) is 9.59 Å². The van der Waals surface area contributed by atoms with Crippen LogP contribution in [0.4, 0.5) is 4.79 Å². The highest BCUT2D eigenvalue weighted by atomic mass is 16.6. The minimum atomic E-state index is -0.562. The van der Waals surface area contributed by atoms with E-state index in [-0.39, 0.29) is 12.6 Å². The second-order valence-electron chi connectivity index (χ2n) is 7.46. The van der Waals surface area contributed by atoms with Gasteiger partial charge in [-0.25, -0.2) is 4.79 Å². The van der Waals surface area contributed by atoms with Gasteiger partial charge in [0.15, 0.2) is 11.5 Å². The number of hydrogen-bond acceptors (Lipinski definition) is 5. The summed E-state index contributed by atoms with van der Waals surface area (Å²) in [4.78, 5) is 22.9. The number of carbonyl (C=O) groups excluding carboxylic acids is 2. The van der Waals surface area contributed by atoms with Crippen molar-refractivity contribution in [3.8, 4) is 11.5 Å². The topological polar surface area (TPSA) is 73.9 Å². The highest BCUT2D eigenvalue weighted by Gasteiger charge is 2.18. The average Bonchev–Trinajstić information content (AvgIpc) is 2.64. The van der Waals surface area contributed by atoms with E-state index in [4.69, 9.17) is 14.2 Å². The van der Waals surface area contributed by atoms with Gasteiger partial charge in [0.2, 0.25) is 0 Å². The van der Waals surface area contributed by atoms with Crippen LogP contribution in [-0.4, -0.2) is 30.6 Å². The summed E-state index contributed by atoms with van der Waals surface area (Å²) in [6.45, 7) is 7.80. The van der Waals surface area contributed by atoms with Crippen LogP contribution in [0, 0.1) is 0 Å². The summed E-state index contributed by atoms with van der Waals surface area (Å²) >= 11 is 0. The molecule has 0 bridgehead atoms. The maximum Gasteiger partial charge on any atom is 0.407 e. The molecule has 6 nitrogen and oxygen atoms in total. The molecule has 0 aliphatic carbocycles. The Hall–Kier alpha value is -3.02. The molecule has 1 atom stereocenters. The molecule has 0 aromatic heterocycles. The predicted octanol–water partition coefficient (Wildman–Crippen LogP) is 4.37. The Morgan fingerprint density at radius 3 is 2.43 bits per heavy atom. The summed E-state index contributed by atoms with van der Waals surface area (Å²) in [6.07, 6.45) is 0.256. The van der Waals surface area contributed by atoms with Crippen LogP contribution in [0.5, 0.6) is 11.5 Å². The van der Waals surface area contributed by atoms with Gasteiger partial charge >= 0.3 is 6.09 Å². The van der Waals surface area contributed by atoms with E-state index >= 15 is 0 Å². The second kappa shape index (κ2) is 9.78. The van der Waals surface area contributed by atoms with Crippen molar-refractivity contribution in [2.45, 2.75) is 45.9 Å². The molecular weight excluding hydrogens is 358 g/mol. The number of carbonyl (C=O) groups is 2. The molecule has 1 amide bonds. The van der Waals surface area contributed by atoms with Crippen molar-refractivity contribution in [3.05, 3.63) is 59.7 Å². The van der Waals surface area contributed by atoms with Crippen molar-refractivity contribution in [2.75, 3.05) is 6.61 Å². The number of hydrogen-bond donors (Lipinski definition) is 1. The molecule has 1 unspecified atom stereocenters. The van der Waals surface area contributed by atoms with Gasteiger partial charge in [0.25, 0.3) is 0 Å². The molecule has 0 spiro atoms. The number of ether oxygens (including phenoxy) is 3. The van der Waals surface area contributed by atoms with Crippen molar-refractivity contribution < 1.29 is 23.8 Å². The lowest BCUT2D eigenvalue weighted by atomic mass is 10.2. The quantitative estimate of drug-likeness (QED) is 0.683. The van der Waals surface area contributed by atoms with E-state index in [1.54, 1.807) is 39.0 Å². The van der Waals surface area contributed by atoms with Gasteiger partial charge < -0.3 is 19.5 Å². The number of amides is 1. The maximum atomic E-state index is 11.8. The fourth-order valence-electron chi connectivity index (χ4n) is 2.33. The lowest BCUT2D eigenvalue weighted by Gasteiger charge is -2.22. The number of nitrogens with one attached hydrogen (secondary N) is 1. The molecule has 0 aliphatic heterocycles. The lowest BCUT2D eigenvalue weighted by molar-refractivity contribution is 0.0493. The molecule has 0 saturated heterocycles. The van der Waals surface area contributed by atoms with Crippen molar-refractivity contribution in [1.29, 1.82) is 0 Å². The van der Waals surface area contributed by atoms with E-state index in [1.165, 1.54) is 0 Å². The summed E-state index contributed by atoms with van der Waals surface area (Å²) in [6, 6.07) is 14.4. The third kappa shape index (κ3) is 7.31. The molecule has 0 fully saturated rings. The normalized spacial score (nSPS) is 12.0. The zero-order chi connectivity index (χ0) is 20.6. The highest BCUT2D eigenvalue weighted by molar-refractivity contribution is 5.76. The number of rotatable bonds is 8. The third-order valence-electron chi connectivity index (χ3n) is 3.59. The minimum Gasteiger partial charge on any atom is -0.488 e. The number of benzene rings is 2. The standard InChI is InChI=1S/C22H27NO5/c1-16(23-21(25)28-22(2,3)4)14-26-19-11-10-18(13-24)12-20(19)27-15-17-8-6-5-7-9-17/h5-13,16H,14-15H2,1-4H3,(H,23,25). The van der Waals surface area contributed by atoms with Gasteiger partial charge in [-0.2, -0.15) is 0 Å². The first-order valence-electron chi connectivity index (χ1n) is 9.15. The van der Waals surface area contributed by atoms with Gasteiger partial charge in [-0.3, -0.25) is 4.79 Å². The van der Waals surface area contributed by atoms with Gasteiger partial charge in [-0.1, -0.05) is 30.3 Å². The molecular formula is C22H27NO5. The molecule has 0 radical (unpaired) electrons. The molecule has 28 heavy (non-hydrogen) atoms. The molecule has 2 aromatic carbocycles. The van der Waals surface area contributed by atoms with Crippen molar-refractivity contribution in [1.82, 2.24) is 5.32 Å². The third-order valence-corrected chi connectivity index (χ3v) is 3.59. The smallest absolute Gasteiger partial charge is 0.407 e. The molecule has 0 heterocycles. The van der Waals surface area contributed by atoms with Crippen LogP contribution < -0.4 is 14.8 Å². The molecule has 6 heteroatoms. The summed E-state index contributed by atoms with van der Waals surface area (Å²) in [5.41, 5.74) is 0.939. The summed E-state index contributed by atoms with van der Waals surface area (Å²) < 4.78 is 16.9. The van der Waals surface area contributed by atoms with Crippen LogP contribution in [0.3, 0.4) is 0 Å². The number of alkyl carbamates (subject to hydrolysis) is 1. The first-order valence-corrected chi connectivity index (χ1v) is 9.15. The Labute approximate surface area is 165 Å². The molecule has 2 rings (SSSR count). The van der Waals surface area contributed by atoms with E-state index in [0.717, 1.165) is 11.8 Å². The number of aldehydes is 1. The monoisotopic (exact) mass is 385 g/mol. The zero-order valence-corrected chi connectivity index (χ0v) is 16.7. The van der Waals surface area contributed by atoms with Crippen LogP contribution in [0.15, 0.2) is 48.5 Å². The van der Waals surface area contributed by atoms with Gasteiger partial charge in [0, 0.05) is 5.56 Å². The molecule has 2 aromatic rings. The van der Waals surface area contributed by atoms with E-state index in [1.807, 2.05) is 37.3 Å². The van der Waals surface area contributed by atoms with Gasteiger partial charge in [-0.15, -0.1) is 0 Å². The Morgan fingerprint density at radius 1 is 1.07 bits per heavy atom. The van der Waals surface area contributed by atoms with E-state index in [2.05, 4.69) is 5.32 Å². The zero-order valence-electron chi connectivity index (χ0n) is 16.7. The molecule has 0 aliphatic rings. The average molecular weight is 385 g/mol. The SMILES string of the molecule is CC(COc1ccc(C=O)cc1OCc1ccccc1)NC(=O)OC(C)(C)C. The fraction of sp³-hybridized carbons (Fsp3) is 0.364. The predicted molar refractivity (Wildman–Crippen MR) is 107 cm³/mol. The summed E-state index contributed by atoms with van der Waals surface area (Å²) in [5, 5.41) is 2.72. The first-order chi connectivity index (χ1) is 13.3. The van der Waals surface area contributed by atoms with Crippen molar-refractivity contribution in [3.63, 3.8) is 0 Å². The van der Waals surface area contributed by atoms with Crippen molar-refractivity contribution in [2.24, 2.45) is 0 Å². The largest absolute Gasteiger partial charge is 0.488 e. The summed E-state index contributed by atoms with van der Waals surface area (Å²) in [7, 11) is 0.